The molecule has 4 unspecified atom stereocenters. The molecule has 0 N–H and O–H groups in total. The number of hydrogen-bond donors (Lipinski definition) is 0. The first-order valence-corrected chi connectivity index (χ1v) is 7.86. The molecule has 3 aliphatic carbocycles. The number of benzene rings is 1. The van der Waals surface area contributed by atoms with Gasteiger partial charge in [0.15, 0.2) is 0 Å². The van der Waals surface area contributed by atoms with E-state index in [1.807, 2.05) is 0 Å². The molecule has 0 heterocycles. The maximum Gasteiger partial charge on any atom is 0 e. The predicted molar refractivity (Wildman–Crippen MR) is 90.3 cm³/mol. The topological polar surface area (TPSA) is 0 Å². The molecule has 0 bridgehead atoms. The molecule has 109 valence electrons. The molecule has 20 heavy (non-hydrogen) atoms. The van der Waals surface area contributed by atoms with Crippen LogP contribution in [0, 0.1) is 17.3 Å². The average Bonchev–Trinajstić information content (AvgIpc) is 2.80. The van der Waals surface area contributed by atoms with Crippen molar-refractivity contribution in [1.82, 2.24) is 0 Å². The first-order chi connectivity index (χ1) is 8.78. The fourth-order valence-electron chi connectivity index (χ4n) is 5.51. The molecule has 0 aromatic heterocycles. The Labute approximate surface area is 128 Å². The van der Waals surface area contributed by atoms with Crippen LogP contribution in [0.5, 0.6) is 0 Å². The molecule has 3 aliphatic rings. The fraction of sp³-hybridized carbons (Fsp3) is 0.684. The van der Waals surface area contributed by atoms with Gasteiger partial charge in [-0.3, -0.25) is 0 Å². The molecule has 0 aliphatic heterocycles. The van der Waals surface area contributed by atoms with Gasteiger partial charge in [-0.15, -0.1) is 0 Å². The lowest BCUT2D eigenvalue weighted by molar-refractivity contribution is 0.0598. The third-order valence-corrected chi connectivity index (χ3v) is 6.42. The van der Waals surface area contributed by atoms with Gasteiger partial charge < -0.3 is 0 Å². The first kappa shape index (κ1) is 15.7. The van der Waals surface area contributed by atoms with Gasteiger partial charge in [0.25, 0.3) is 0 Å². The molecule has 0 spiro atoms. The first-order valence-electron chi connectivity index (χ1n) is 7.86. The van der Waals surface area contributed by atoms with Crippen LogP contribution in [0.3, 0.4) is 0 Å². The van der Waals surface area contributed by atoms with Crippen LogP contribution in [-0.2, 0) is 6.42 Å². The third kappa shape index (κ3) is 2.14. The van der Waals surface area contributed by atoms with E-state index in [4.69, 9.17) is 0 Å². The predicted octanol–water partition coefficient (Wildman–Crippen LogP) is 5.43. The van der Waals surface area contributed by atoms with Crippen molar-refractivity contribution in [3.63, 3.8) is 0 Å². The second kappa shape index (κ2) is 5.58. The Morgan fingerprint density at radius 1 is 1.10 bits per heavy atom. The van der Waals surface area contributed by atoms with Crippen molar-refractivity contribution in [1.29, 1.82) is 0 Å². The lowest BCUT2D eigenvalue weighted by Crippen LogP contribution is -2.39. The van der Waals surface area contributed by atoms with Crippen LogP contribution in [-0.4, -0.2) is 8.41 Å². The highest BCUT2D eigenvalue weighted by molar-refractivity contribution is 5.75. The Bertz CT molecular complexity index is 472. The molecule has 1 aromatic carbocycles. The summed E-state index contributed by atoms with van der Waals surface area (Å²) in [7, 11) is 0. The highest BCUT2D eigenvalue weighted by Gasteiger charge is 2.49. The largest absolute Gasteiger partial charge is 0.0776 e. The summed E-state index contributed by atoms with van der Waals surface area (Å²) in [6.07, 6.45) is 10.2. The highest BCUT2D eigenvalue weighted by atomic mass is 14.5. The number of aryl methyl sites for hydroxylation is 1. The Hall–Kier alpha value is -0.715. The third-order valence-electron chi connectivity index (χ3n) is 6.42. The molecule has 3 radical (unpaired) electrons. The van der Waals surface area contributed by atoms with Crippen LogP contribution in [0.1, 0.15) is 71.3 Å². The van der Waals surface area contributed by atoms with E-state index in [2.05, 4.69) is 31.2 Å². The monoisotopic (exact) mass is 270 g/mol. The van der Waals surface area contributed by atoms with Crippen LogP contribution in [0.15, 0.2) is 24.3 Å². The van der Waals surface area contributed by atoms with Gasteiger partial charge in [-0.25, -0.2) is 0 Å². The van der Waals surface area contributed by atoms with Crippen molar-refractivity contribution >= 4 is 8.41 Å². The van der Waals surface area contributed by atoms with Gasteiger partial charge in [-0.2, -0.15) is 0 Å². The average molecular weight is 270 g/mol. The van der Waals surface area contributed by atoms with Crippen LogP contribution < -0.4 is 0 Å². The summed E-state index contributed by atoms with van der Waals surface area (Å²) in [6.45, 7) is 2.58. The molecule has 0 saturated heterocycles. The van der Waals surface area contributed by atoms with Gasteiger partial charge in [-0.05, 0) is 72.8 Å². The van der Waals surface area contributed by atoms with E-state index in [-0.39, 0.29) is 17.3 Å². The lowest BCUT2D eigenvalue weighted by atomic mass is 9.56. The second-order valence-electron chi connectivity index (χ2n) is 7.20. The van der Waals surface area contributed by atoms with Crippen molar-refractivity contribution in [3.8, 4) is 0 Å². The van der Waals surface area contributed by atoms with Gasteiger partial charge in [0.2, 0.25) is 0 Å². The maximum atomic E-state index is 2.58. The molecule has 4 rings (SSSR count). The van der Waals surface area contributed by atoms with Gasteiger partial charge >= 0.3 is 0 Å². The van der Waals surface area contributed by atoms with E-state index in [1.165, 1.54) is 44.9 Å². The molecule has 4 atom stereocenters. The summed E-state index contributed by atoms with van der Waals surface area (Å²) >= 11 is 0. The molecule has 0 amide bonds. The minimum Gasteiger partial charge on any atom is -0.0776 e. The van der Waals surface area contributed by atoms with E-state index >= 15 is 0 Å². The minimum atomic E-state index is 0. The van der Waals surface area contributed by atoms with Crippen molar-refractivity contribution < 1.29 is 1.43 Å². The SMILES string of the molecule is C.CC12CCCC1C1CCc3ccccc3C1CC2.[2HH].[B]. The summed E-state index contributed by atoms with van der Waals surface area (Å²) in [6, 6.07) is 9.27. The van der Waals surface area contributed by atoms with E-state index in [0.717, 1.165) is 17.8 Å². The molecule has 0 nitrogen and oxygen atoms in total. The number of hydrogen-bond acceptors (Lipinski definition) is 0. The molecule has 2 fully saturated rings. The highest BCUT2D eigenvalue weighted by Crippen LogP contribution is 2.60. The van der Waals surface area contributed by atoms with Crippen LogP contribution >= 0.6 is 0 Å². The molecular weight excluding hydrogens is 239 g/mol. The summed E-state index contributed by atoms with van der Waals surface area (Å²) in [5, 5.41) is 0. The summed E-state index contributed by atoms with van der Waals surface area (Å²) in [4.78, 5) is 0. The number of fused-ring (bicyclic) bond motifs is 5. The van der Waals surface area contributed by atoms with Crippen molar-refractivity contribution in [2.75, 3.05) is 0 Å². The molecule has 2 saturated carbocycles. The van der Waals surface area contributed by atoms with Crippen molar-refractivity contribution in [3.05, 3.63) is 35.4 Å². The van der Waals surface area contributed by atoms with Crippen LogP contribution in [0.25, 0.3) is 0 Å². The normalized spacial score (nSPS) is 37.8. The second-order valence-corrected chi connectivity index (χ2v) is 7.20. The van der Waals surface area contributed by atoms with Gasteiger partial charge in [-0.1, -0.05) is 45.0 Å². The standard InChI is InChI=1S/C18H24.CH4.B.H2/c1-18-11-4-7-17(18)16-9-8-13-5-2-3-6-14(13)15(16)10-12-18;;;/h2-3,5-6,15-17H,4,7-12H2,1H3;1H4;;1H/i;;;1+1. The van der Waals surface area contributed by atoms with E-state index in [9.17, 15) is 0 Å². The zero-order valence-electron chi connectivity index (χ0n) is 12.1. The van der Waals surface area contributed by atoms with Crippen molar-refractivity contribution in [2.24, 2.45) is 17.3 Å². The van der Waals surface area contributed by atoms with Gasteiger partial charge in [0.05, 0.1) is 0 Å². The Morgan fingerprint density at radius 2 is 1.90 bits per heavy atom. The molecular formula is C19H30B. The van der Waals surface area contributed by atoms with Gasteiger partial charge in [0, 0.05) is 9.84 Å². The Morgan fingerprint density at radius 3 is 2.75 bits per heavy atom. The van der Waals surface area contributed by atoms with E-state index in [0.29, 0.717) is 5.41 Å². The summed E-state index contributed by atoms with van der Waals surface area (Å²) in [5.41, 5.74) is 4.07. The zero-order chi connectivity index (χ0) is 12.2. The van der Waals surface area contributed by atoms with Gasteiger partial charge in [0.1, 0.15) is 0 Å². The minimum absolute atomic E-state index is 0. The van der Waals surface area contributed by atoms with E-state index < -0.39 is 0 Å². The van der Waals surface area contributed by atoms with Crippen LogP contribution in [0.2, 0.25) is 0 Å². The Kier molecular flexibility index (Phi) is 4.37. The van der Waals surface area contributed by atoms with E-state index in [1.54, 1.807) is 11.1 Å². The summed E-state index contributed by atoms with van der Waals surface area (Å²) < 4.78 is 0. The Balaban J connectivity index is 0.000000735. The summed E-state index contributed by atoms with van der Waals surface area (Å²) in [5.74, 6) is 2.93. The molecule has 1 aromatic rings. The maximum absolute atomic E-state index is 2.58. The van der Waals surface area contributed by atoms with Crippen molar-refractivity contribution in [2.45, 2.75) is 65.2 Å². The van der Waals surface area contributed by atoms with Crippen LogP contribution in [0.4, 0.5) is 0 Å². The quantitative estimate of drug-likeness (QED) is 0.551. The lowest BCUT2D eigenvalue weighted by Gasteiger charge is -2.49. The number of rotatable bonds is 0. The zero-order valence-corrected chi connectivity index (χ0v) is 12.1. The fourth-order valence-corrected chi connectivity index (χ4v) is 5.51. The smallest absolute Gasteiger partial charge is 0 e. The molecule has 1 heteroatoms.